The zero-order chi connectivity index (χ0) is 35.6. The standard InChI is InChI=1S/C35H36N2O12/c1-14-27(38)17-11-19-26-25-18(28(39)15(2)32(47-7)30(25)41)12-20(36(26)3)34(42)37(19)21(24(17)29(40)31(14)46-6)13-49-35(43)16-9-22(44-4)33(48-8)23(10-16)45-5/h9-10,19-21,26H,11-13H2,1-8H3/t19-,20-,21-,26-/m0/s1. The van der Waals surface area contributed by atoms with Crippen LogP contribution in [0.25, 0.3) is 0 Å². The molecule has 14 nitrogen and oxygen atoms in total. The van der Waals surface area contributed by atoms with Crippen molar-refractivity contribution in [2.24, 2.45) is 0 Å². The van der Waals surface area contributed by atoms with Crippen LogP contribution >= 0.6 is 0 Å². The van der Waals surface area contributed by atoms with Gasteiger partial charge in [0.1, 0.15) is 6.61 Å². The lowest BCUT2D eigenvalue weighted by atomic mass is 9.69. The lowest BCUT2D eigenvalue weighted by molar-refractivity contribution is -0.155. The molecule has 2 bridgehead atoms. The van der Waals surface area contributed by atoms with E-state index in [2.05, 4.69) is 0 Å². The van der Waals surface area contributed by atoms with Crippen molar-refractivity contribution in [3.63, 3.8) is 0 Å². The summed E-state index contributed by atoms with van der Waals surface area (Å²) >= 11 is 0. The summed E-state index contributed by atoms with van der Waals surface area (Å²) in [4.78, 5) is 86.5. The van der Waals surface area contributed by atoms with Crippen molar-refractivity contribution in [3.8, 4) is 17.2 Å². The second-order valence-electron chi connectivity index (χ2n) is 12.3. The minimum Gasteiger partial charge on any atom is -0.493 e. The molecule has 5 aliphatic rings. The summed E-state index contributed by atoms with van der Waals surface area (Å²) in [6, 6.07) is -1.02. The van der Waals surface area contributed by atoms with Crippen molar-refractivity contribution in [2.75, 3.05) is 49.2 Å². The number of ketones is 4. The molecular formula is C35H36N2O12. The number of ether oxygens (including phenoxy) is 6. The first kappa shape index (κ1) is 33.7. The number of esters is 1. The minimum atomic E-state index is -1.23. The normalized spacial score (nSPS) is 25.3. The second-order valence-corrected chi connectivity index (χ2v) is 12.3. The fraction of sp³-hybridized carbons (Fsp3) is 0.429. The van der Waals surface area contributed by atoms with Crippen LogP contribution < -0.4 is 14.2 Å². The van der Waals surface area contributed by atoms with E-state index in [-0.39, 0.29) is 86.4 Å². The largest absolute Gasteiger partial charge is 0.493 e. The van der Waals surface area contributed by atoms with E-state index in [1.807, 2.05) is 0 Å². The van der Waals surface area contributed by atoms with Crippen LogP contribution in [-0.4, -0.2) is 118 Å². The first-order chi connectivity index (χ1) is 23.4. The Bertz CT molecular complexity index is 1860. The van der Waals surface area contributed by atoms with Crippen LogP contribution in [0.3, 0.4) is 0 Å². The molecule has 6 rings (SSSR count). The Morgan fingerprint density at radius 1 is 0.735 bits per heavy atom. The maximum Gasteiger partial charge on any atom is 0.338 e. The molecule has 0 unspecified atom stereocenters. The molecular weight excluding hydrogens is 640 g/mol. The zero-order valence-electron chi connectivity index (χ0n) is 28.4. The average Bonchev–Trinajstić information content (AvgIpc) is 3.09. The number of Topliss-reactive ketones (excluding diaryl/α,β-unsaturated/α-hetero) is 4. The van der Waals surface area contributed by atoms with E-state index in [0.29, 0.717) is 0 Å². The number of amides is 1. The molecule has 0 saturated carbocycles. The maximum absolute atomic E-state index is 14.5. The van der Waals surface area contributed by atoms with Crippen LogP contribution in [0.15, 0.2) is 57.1 Å². The third-order valence-corrected chi connectivity index (χ3v) is 10.1. The minimum absolute atomic E-state index is 0.0223. The van der Waals surface area contributed by atoms with Crippen LogP contribution in [0.4, 0.5) is 0 Å². The summed E-state index contributed by atoms with van der Waals surface area (Å²) in [5, 5.41) is 0. The van der Waals surface area contributed by atoms with Gasteiger partial charge in [-0.25, -0.2) is 4.79 Å². The molecule has 0 spiro atoms. The van der Waals surface area contributed by atoms with Gasteiger partial charge in [-0.1, -0.05) is 0 Å². The molecule has 1 aromatic rings. The van der Waals surface area contributed by atoms with E-state index in [0.717, 1.165) is 0 Å². The Morgan fingerprint density at radius 3 is 1.78 bits per heavy atom. The van der Waals surface area contributed by atoms with Gasteiger partial charge in [0.2, 0.25) is 23.2 Å². The van der Waals surface area contributed by atoms with E-state index >= 15 is 0 Å². The van der Waals surface area contributed by atoms with Crippen molar-refractivity contribution in [3.05, 3.63) is 62.7 Å². The van der Waals surface area contributed by atoms with Crippen LogP contribution in [-0.2, 0) is 38.2 Å². The fourth-order valence-electron chi connectivity index (χ4n) is 7.82. The van der Waals surface area contributed by atoms with E-state index in [1.165, 1.54) is 66.4 Å². The quantitative estimate of drug-likeness (QED) is 0.289. The molecule has 258 valence electrons. The number of carbonyl (C=O) groups excluding carboxylic acids is 6. The number of hydrogen-bond acceptors (Lipinski definition) is 13. The first-order valence-corrected chi connectivity index (χ1v) is 15.5. The molecule has 1 amide bonds. The lowest BCUT2D eigenvalue weighted by Gasteiger charge is -2.57. The summed E-state index contributed by atoms with van der Waals surface area (Å²) in [7, 11) is 8.48. The van der Waals surface area contributed by atoms with Crippen molar-refractivity contribution in [2.45, 2.75) is 50.9 Å². The molecule has 14 heteroatoms. The number of piperazine rings is 1. The summed E-state index contributed by atoms with van der Waals surface area (Å²) in [6.07, 6.45) is -0.148. The maximum atomic E-state index is 14.5. The van der Waals surface area contributed by atoms with Crippen LogP contribution in [0, 0.1) is 0 Å². The van der Waals surface area contributed by atoms with E-state index in [1.54, 1.807) is 11.9 Å². The third-order valence-electron chi connectivity index (χ3n) is 10.1. The molecule has 2 aliphatic carbocycles. The van der Waals surface area contributed by atoms with E-state index in [4.69, 9.17) is 28.4 Å². The Hall–Kier alpha value is -5.24. The van der Waals surface area contributed by atoms with Gasteiger partial charge in [-0.3, -0.25) is 28.9 Å². The van der Waals surface area contributed by atoms with E-state index < -0.39 is 60.0 Å². The van der Waals surface area contributed by atoms with Gasteiger partial charge >= 0.3 is 5.97 Å². The summed E-state index contributed by atoms with van der Waals surface area (Å²) in [6.45, 7) is 2.47. The zero-order valence-corrected chi connectivity index (χ0v) is 28.4. The van der Waals surface area contributed by atoms with Gasteiger partial charge in [-0.15, -0.1) is 0 Å². The van der Waals surface area contributed by atoms with Gasteiger partial charge in [0, 0.05) is 39.9 Å². The number of benzene rings is 1. The number of nitrogens with zero attached hydrogens (tertiary/aromatic N) is 2. The van der Waals surface area contributed by atoms with Gasteiger partial charge in [-0.2, -0.15) is 0 Å². The molecule has 1 saturated heterocycles. The average molecular weight is 677 g/mol. The highest BCUT2D eigenvalue weighted by molar-refractivity contribution is 6.27. The molecule has 3 heterocycles. The van der Waals surface area contributed by atoms with Gasteiger partial charge in [-0.05, 0) is 39.4 Å². The summed E-state index contributed by atoms with van der Waals surface area (Å²) in [5.74, 6) is -2.80. The topological polar surface area (TPSA) is 164 Å². The second kappa shape index (κ2) is 12.3. The number of likely N-dealkylation sites (N-methyl/N-ethyl adjacent to an activating group) is 1. The van der Waals surface area contributed by atoms with Crippen LogP contribution in [0.2, 0.25) is 0 Å². The molecule has 49 heavy (non-hydrogen) atoms. The predicted molar refractivity (Wildman–Crippen MR) is 169 cm³/mol. The van der Waals surface area contributed by atoms with E-state index in [9.17, 15) is 28.8 Å². The lowest BCUT2D eigenvalue weighted by Crippen LogP contribution is -2.73. The number of methoxy groups -OCH3 is 5. The molecule has 0 N–H and O–H groups in total. The Balaban J connectivity index is 1.46. The first-order valence-electron chi connectivity index (χ1n) is 15.5. The van der Waals surface area contributed by atoms with Crippen molar-refractivity contribution in [1.82, 2.24) is 9.80 Å². The summed E-state index contributed by atoms with van der Waals surface area (Å²) < 4.78 is 32.6. The molecule has 0 radical (unpaired) electrons. The molecule has 0 aromatic heterocycles. The number of carbonyl (C=O) groups is 6. The van der Waals surface area contributed by atoms with Crippen molar-refractivity contribution < 1.29 is 57.2 Å². The molecule has 3 aliphatic heterocycles. The Morgan fingerprint density at radius 2 is 1.27 bits per heavy atom. The number of hydrogen-bond donors (Lipinski definition) is 0. The third kappa shape index (κ3) is 4.79. The molecule has 1 fully saturated rings. The van der Waals surface area contributed by atoms with Gasteiger partial charge in [0.25, 0.3) is 0 Å². The number of rotatable bonds is 8. The molecule has 4 atom stereocenters. The highest BCUT2D eigenvalue weighted by Gasteiger charge is 2.59. The fourth-order valence-corrected chi connectivity index (χ4v) is 7.82. The SMILES string of the molecule is COC1=C(C)C(=O)C2=C(C1=O)[C@@H]1[C@@H]3CC4=C(C(=O)C(OC)=C(C)C4=O)[C@H](COC(=O)c4cc(OC)c(OC)c(OC)c4)N3C(=O)[C@H](C2)N1C. The van der Waals surface area contributed by atoms with Crippen molar-refractivity contribution >= 4 is 35.0 Å². The van der Waals surface area contributed by atoms with Crippen LogP contribution in [0.1, 0.15) is 37.0 Å². The smallest absolute Gasteiger partial charge is 0.338 e. The van der Waals surface area contributed by atoms with Crippen LogP contribution in [0.5, 0.6) is 17.2 Å². The number of fused-ring (bicyclic) bond motifs is 5. The summed E-state index contributed by atoms with van der Waals surface area (Å²) in [5.41, 5.74) is 0.805. The van der Waals surface area contributed by atoms with Gasteiger partial charge in [0.05, 0.1) is 65.3 Å². The Labute approximate surface area is 281 Å². The Kier molecular flexibility index (Phi) is 8.47. The molecule has 1 aromatic carbocycles. The van der Waals surface area contributed by atoms with Gasteiger partial charge < -0.3 is 33.3 Å². The highest BCUT2D eigenvalue weighted by Crippen LogP contribution is 2.48. The predicted octanol–water partition coefficient (Wildman–Crippen LogP) is 1.66. The monoisotopic (exact) mass is 676 g/mol. The van der Waals surface area contributed by atoms with Gasteiger partial charge in [0.15, 0.2) is 34.6 Å². The highest BCUT2D eigenvalue weighted by atomic mass is 16.5. The number of allylic oxidation sites excluding steroid dienone is 4. The van der Waals surface area contributed by atoms with Crippen molar-refractivity contribution in [1.29, 1.82) is 0 Å².